The Balaban J connectivity index is 1.01. The minimum atomic E-state index is 0.556. The summed E-state index contributed by atoms with van der Waals surface area (Å²) in [5.41, 5.74) is 12.2. The quantitative estimate of drug-likeness (QED) is 0.168. The summed E-state index contributed by atoms with van der Waals surface area (Å²) in [5.74, 6) is 1.74. The highest BCUT2D eigenvalue weighted by Crippen LogP contribution is 2.40. The van der Waals surface area contributed by atoms with E-state index in [1.54, 1.807) is 11.3 Å². The van der Waals surface area contributed by atoms with Gasteiger partial charge >= 0.3 is 0 Å². The van der Waals surface area contributed by atoms with Gasteiger partial charge in [-0.25, -0.2) is 15.0 Å². The van der Waals surface area contributed by atoms with Crippen LogP contribution in [-0.4, -0.2) is 19.5 Å². The van der Waals surface area contributed by atoms with Crippen LogP contribution < -0.4 is 0 Å². The van der Waals surface area contributed by atoms with Gasteiger partial charge in [-0.2, -0.15) is 0 Å². The Labute approximate surface area is 365 Å². The second kappa shape index (κ2) is 14.2. The SMILES string of the molecule is c1ccc(-c2ccc3c(c2)c2cc(-c4ccccc4)ccc2n3-c2cccc(-c3nc(-c4ccc5c(c4)sc4ccccc45)nc(-c4cccc5c4oc4ccccc45)n3)c2)cc1. The minimum Gasteiger partial charge on any atom is -0.455 e. The molecule has 4 heterocycles. The number of furan rings is 1. The van der Waals surface area contributed by atoms with Gasteiger partial charge in [-0.15, -0.1) is 11.3 Å². The number of fused-ring (bicyclic) bond motifs is 9. The Morgan fingerprint density at radius 3 is 1.63 bits per heavy atom. The van der Waals surface area contributed by atoms with Crippen molar-refractivity contribution in [3.8, 4) is 62.1 Å². The lowest BCUT2D eigenvalue weighted by molar-refractivity contribution is 0.669. The molecule has 13 rings (SSSR count). The molecule has 0 saturated heterocycles. The molecule has 0 fully saturated rings. The molecule has 0 atom stereocenters. The molecule has 0 spiro atoms. The summed E-state index contributed by atoms with van der Waals surface area (Å²) < 4.78 is 11.4. The van der Waals surface area contributed by atoms with E-state index in [1.165, 1.54) is 53.2 Å². The lowest BCUT2D eigenvalue weighted by Gasteiger charge is -2.12. The number of hydrogen-bond acceptors (Lipinski definition) is 5. The highest BCUT2D eigenvalue weighted by Gasteiger charge is 2.20. The molecule has 294 valence electrons. The van der Waals surface area contributed by atoms with Crippen LogP contribution in [0.1, 0.15) is 0 Å². The van der Waals surface area contributed by atoms with Crippen molar-refractivity contribution in [2.24, 2.45) is 0 Å². The van der Waals surface area contributed by atoms with E-state index in [0.29, 0.717) is 17.5 Å². The van der Waals surface area contributed by atoms with E-state index >= 15 is 0 Å². The van der Waals surface area contributed by atoms with Gasteiger partial charge in [-0.3, -0.25) is 0 Å². The van der Waals surface area contributed by atoms with Crippen LogP contribution in [-0.2, 0) is 0 Å². The lowest BCUT2D eigenvalue weighted by atomic mass is 10.0. The van der Waals surface area contributed by atoms with Crippen molar-refractivity contribution >= 4 is 75.3 Å². The van der Waals surface area contributed by atoms with E-state index in [-0.39, 0.29) is 0 Å². The summed E-state index contributed by atoms with van der Waals surface area (Å²) in [6.45, 7) is 0. The topological polar surface area (TPSA) is 56.7 Å². The molecule has 5 nitrogen and oxygen atoms in total. The van der Waals surface area contributed by atoms with Crippen molar-refractivity contribution < 1.29 is 4.42 Å². The average molecular weight is 823 g/mol. The maximum absolute atomic E-state index is 6.54. The molecule has 0 aliphatic rings. The van der Waals surface area contributed by atoms with Gasteiger partial charge in [0.25, 0.3) is 0 Å². The Morgan fingerprint density at radius 1 is 0.349 bits per heavy atom. The molecule has 0 aliphatic heterocycles. The first-order valence-electron chi connectivity index (χ1n) is 21.1. The number of para-hydroxylation sites is 2. The average Bonchev–Trinajstić information content (AvgIpc) is 4.03. The van der Waals surface area contributed by atoms with Gasteiger partial charge in [-0.1, -0.05) is 146 Å². The highest BCUT2D eigenvalue weighted by molar-refractivity contribution is 7.25. The third-order valence-corrected chi connectivity index (χ3v) is 13.4. The fraction of sp³-hybridized carbons (Fsp3) is 0. The smallest absolute Gasteiger partial charge is 0.167 e. The summed E-state index contributed by atoms with van der Waals surface area (Å²) in [4.78, 5) is 15.7. The summed E-state index contributed by atoms with van der Waals surface area (Å²) >= 11 is 1.79. The van der Waals surface area contributed by atoms with Crippen molar-refractivity contribution in [2.45, 2.75) is 0 Å². The molecular weight excluding hydrogens is 789 g/mol. The molecular formula is C57H34N4OS. The fourth-order valence-electron chi connectivity index (χ4n) is 9.25. The zero-order chi connectivity index (χ0) is 41.4. The number of rotatable bonds is 6. The van der Waals surface area contributed by atoms with Gasteiger partial charge in [0.2, 0.25) is 0 Å². The highest BCUT2D eigenvalue weighted by atomic mass is 32.1. The summed E-state index contributed by atoms with van der Waals surface area (Å²) in [7, 11) is 0. The van der Waals surface area contributed by atoms with Crippen LogP contribution in [0.15, 0.2) is 211 Å². The van der Waals surface area contributed by atoms with Crippen molar-refractivity contribution in [1.82, 2.24) is 19.5 Å². The second-order valence-corrected chi connectivity index (χ2v) is 17.1. The first-order valence-corrected chi connectivity index (χ1v) is 21.9. The maximum Gasteiger partial charge on any atom is 0.167 e. The van der Waals surface area contributed by atoms with E-state index in [0.717, 1.165) is 55.3 Å². The van der Waals surface area contributed by atoms with Gasteiger partial charge in [0, 0.05) is 58.5 Å². The summed E-state index contributed by atoms with van der Waals surface area (Å²) in [5, 5.41) is 6.95. The first-order chi connectivity index (χ1) is 31.2. The zero-order valence-electron chi connectivity index (χ0n) is 33.7. The van der Waals surface area contributed by atoms with E-state index < -0.39 is 0 Å². The molecule has 0 aliphatic carbocycles. The lowest BCUT2D eigenvalue weighted by Crippen LogP contribution is -2.01. The second-order valence-electron chi connectivity index (χ2n) is 16.0. The van der Waals surface area contributed by atoms with E-state index in [2.05, 4.69) is 187 Å². The van der Waals surface area contributed by atoms with Crippen molar-refractivity contribution in [3.05, 3.63) is 206 Å². The molecule has 6 heteroatoms. The molecule has 0 radical (unpaired) electrons. The third kappa shape index (κ3) is 5.87. The Hall–Kier alpha value is -8.19. The van der Waals surface area contributed by atoms with Crippen LogP contribution >= 0.6 is 11.3 Å². The van der Waals surface area contributed by atoms with Crippen molar-refractivity contribution in [1.29, 1.82) is 0 Å². The predicted molar refractivity (Wildman–Crippen MR) is 262 cm³/mol. The molecule has 9 aromatic carbocycles. The number of nitrogens with zero attached hydrogens (tertiary/aromatic N) is 4. The zero-order valence-corrected chi connectivity index (χ0v) is 34.6. The maximum atomic E-state index is 6.54. The standard InChI is InChI=1S/C57H34N4OS/c1-3-13-35(14-4-1)37-26-29-49-47(32-37)48-33-38(36-15-5-2-6-16-36)27-30-50(48)61(49)41-18-11-17-39(31-41)55-58-56(40-25-28-44-43-20-8-10-24-52(43)63-53(44)34-40)60-57(59-55)46-22-12-21-45-42-19-7-9-23-51(42)62-54(45)46/h1-34H. The fourth-order valence-corrected chi connectivity index (χ4v) is 10.4. The van der Waals surface area contributed by atoms with Crippen LogP contribution in [0, 0.1) is 0 Å². The van der Waals surface area contributed by atoms with E-state index in [1.807, 2.05) is 24.3 Å². The van der Waals surface area contributed by atoms with Gasteiger partial charge in [0.1, 0.15) is 11.2 Å². The normalized spacial score (nSPS) is 11.8. The first kappa shape index (κ1) is 35.6. The predicted octanol–water partition coefficient (Wildman–Crippen LogP) is 15.6. The van der Waals surface area contributed by atoms with Crippen molar-refractivity contribution in [3.63, 3.8) is 0 Å². The number of thiophene rings is 1. The molecule has 0 unspecified atom stereocenters. The molecule has 0 bridgehead atoms. The van der Waals surface area contributed by atoms with Gasteiger partial charge in [0.15, 0.2) is 17.5 Å². The molecule has 0 saturated carbocycles. The molecule has 13 aromatic rings. The third-order valence-electron chi connectivity index (χ3n) is 12.3. The van der Waals surface area contributed by atoms with E-state index in [9.17, 15) is 0 Å². The summed E-state index contributed by atoms with van der Waals surface area (Å²) in [6, 6.07) is 72.9. The van der Waals surface area contributed by atoms with Crippen LogP contribution in [0.2, 0.25) is 0 Å². The van der Waals surface area contributed by atoms with E-state index in [4.69, 9.17) is 19.4 Å². The number of hydrogen-bond donors (Lipinski definition) is 0. The summed E-state index contributed by atoms with van der Waals surface area (Å²) in [6.07, 6.45) is 0. The molecule has 0 amide bonds. The van der Waals surface area contributed by atoms with Crippen LogP contribution in [0.4, 0.5) is 0 Å². The largest absolute Gasteiger partial charge is 0.455 e. The monoisotopic (exact) mass is 822 g/mol. The number of benzene rings is 9. The Kier molecular flexibility index (Phi) is 8.01. The Morgan fingerprint density at radius 2 is 0.905 bits per heavy atom. The number of aromatic nitrogens is 4. The molecule has 63 heavy (non-hydrogen) atoms. The van der Waals surface area contributed by atoms with Crippen LogP contribution in [0.25, 0.3) is 126 Å². The van der Waals surface area contributed by atoms with Crippen molar-refractivity contribution in [2.75, 3.05) is 0 Å². The van der Waals surface area contributed by atoms with Gasteiger partial charge in [0.05, 0.1) is 16.6 Å². The van der Waals surface area contributed by atoms with Gasteiger partial charge in [-0.05, 0) is 82.9 Å². The molecule has 0 N–H and O–H groups in total. The molecule has 4 aromatic heterocycles. The van der Waals surface area contributed by atoms with Gasteiger partial charge < -0.3 is 8.98 Å². The van der Waals surface area contributed by atoms with Crippen LogP contribution in [0.5, 0.6) is 0 Å². The van der Waals surface area contributed by atoms with Crippen LogP contribution in [0.3, 0.4) is 0 Å². The minimum absolute atomic E-state index is 0.556. The Bertz CT molecular complexity index is 3820.